The Morgan fingerprint density at radius 1 is 0.789 bits per heavy atom. The van der Waals surface area contributed by atoms with E-state index in [4.69, 9.17) is 4.74 Å². The van der Waals surface area contributed by atoms with Crippen molar-refractivity contribution < 1.29 is 4.74 Å². The van der Waals surface area contributed by atoms with Crippen molar-refractivity contribution in [3.8, 4) is 5.75 Å². The van der Waals surface area contributed by atoms with Gasteiger partial charge in [-0.05, 0) is 32.4 Å². The lowest BCUT2D eigenvalue weighted by molar-refractivity contribution is 0.130. The van der Waals surface area contributed by atoms with Crippen molar-refractivity contribution in [2.45, 2.75) is 26.4 Å². The van der Waals surface area contributed by atoms with Crippen molar-refractivity contribution in [2.75, 3.05) is 0 Å². The summed E-state index contributed by atoms with van der Waals surface area (Å²) < 4.78 is 5.97. The van der Waals surface area contributed by atoms with E-state index in [1.165, 1.54) is 5.56 Å². The van der Waals surface area contributed by atoms with Crippen LogP contribution >= 0.6 is 0 Å². The van der Waals surface area contributed by atoms with E-state index in [0.29, 0.717) is 0 Å². The molecule has 0 fully saturated rings. The molecule has 1 heteroatoms. The largest absolute Gasteiger partial charge is 0.488 e. The molecule has 98 valence electrons. The van der Waals surface area contributed by atoms with Crippen molar-refractivity contribution in [1.29, 1.82) is 0 Å². The van der Waals surface area contributed by atoms with Crippen LogP contribution in [0.1, 0.15) is 31.9 Å². The van der Waals surface area contributed by atoms with Gasteiger partial charge < -0.3 is 4.74 Å². The van der Waals surface area contributed by atoms with Crippen molar-refractivity contribution in [3.05, 3.63) is 65.7 Å². The summed E-state index contributed by atoms with van der Waals surface area (Å²) in [6.07, 6.45) is 4.20. The molecule has 0 spiro atoms. The van der Waals surface area contributed by atoms with Crippen LogP contribution in [0.4, 0.5) is 0 Å². The smallest absolute Gasteiger partial charge is 0.127 e. The van der Waals surface area contributed by atoms with Crippen LogP contribution in [-0.2, 0) is 0 Å². The first-order valence-corrected chi connectivity index (χ1v) is 6.56. The Labute approximate surface area is 115 Å². The standard InChI is InChI=1S/C18H20O/c1-18(2,3)19-17-12-8-7-11-16(17)14-13-15-9-5-4-6-10-15/h4-14H,1-3H3/b14-13+. The van der Waals surface area contributed by atoms with Crippen LogP contribution in [0.15, 0.2) is 54.6 Å². The van der Waals surface area contributed by atoms with Gasteiger partial charge >= 0.3 is 0 Å². The lowest BCUT2D eigenvalue weighted by Gasteiger charge is -2.22. The molecular weight excluding hydrogens is 232 g/mol. The second kappa shape index (κ2) is 5.75. The van der Waals surface area contributed by atoms with Gasteiger partial charge in [-0.15, -0.1) is 0 Å². The average Bonchev–Trinajstić information content (AvgIpc) is 2.37. The van der Waals surface area contributed by atoms with Gasteiger partial charge in [0.15, 0.2) is 0 Å². The van der Waals surface area contributed by atoms with Crippen LogP contribution in [0.3, 0.4) is 0 Å². The normalized spacial score (nSPS) is 11.7. The molecule has 0 aromatic heterocycles. The van der Waals surface area contributed by atoms with Gasteiger partial charge in [-0.25, -0.2) is 0 Å². The highest BCUT2D eigenvalue weighted by Gasteiger charge is 2.13. The van der Waals surface area contributed by atoms with Crippen LogP contribution in [-0.4, -0.2) is 5.60 Å². The highest BCUT2D eigenvalue weighted by molar-refractivity contribution is 5.72. The molecule has 0 saturated carbocycles. The summed E-state index contributed by atoms with van der Waals surface area (Å²) in [6, 6.07) is 18.4. The predicted molar refractivity (Wildman–Crippen MR) is 82.2 cm³/mol. The summed E-state index contributed by atoms with van der Waals surface area (Å²) in [6.45, 7) is 6.18. The maximum Gasteiger partial charge on any atom is 0.127 e. The van der Waals surface area contributed by atoms with Crippen LogP contribution in [0.25, 0.3) is 12.2 Å². The molecule has 0 radical (unpaired) electrons. The zero-order valence-electron chi connectivity index (χ0n) is 11.8. The van der Waals surface area contributed by atoms with E-state index in [-0.39, 0.29) is 5.60 Å². The summed E-state index contributed by atoms with van der Waals surface area (Å²) in [5.74, 6) is 0.919. The second-order valence-electron chi connectivity index (χ2n) is 5.50. The van der Waals surface area contributed by atoms with Crippen molar-refractivity contribution >= 4 is 12.2 Å². The fourth-order valence-corrected chi connectivity index (χ4v) is 1.79. The van der Waals surface area contributed by atoms with E-state index in [1.54, 1.807) is 0 Å². The molecule has 0 bridgehead atoms. The Morgan fingerprint density at radius 3 is 2.11 bits per heavy atom. The molecule has 0 atom stereocenters. The number of para-hydroxylation sites is 1. The molecule has 2 aromatic rings. The van der Waals surface area contributed by atoms with E-state index < -0.39 is 0 Å². The summed E-state index contributed by atoms with van der Waals surface area (Å²) in [5.41, 5.74) is 2.10. The van der Waals surface area contributed by atoms with Crippen molar-refractivity contribution in [3.63, 3.8) is 0 Å². The first-order chi connectivity index (χ1) is 9.04. The highest BCUT2D eigenvalue weighted by Crippen LogP contribution is 2.24. The molecular formula is C18H20O. The van der Waals surface area contributed by atoms with Crippen LogP contribution in [0.5, 0.6) is 5.75 Å². The molecule has 0 amide bonds. The quantitative estimate of drug-likeness (QED) is 0.696. The molecule has 0 N–H and O–H groups in total. The van der Waals surface area contributed by atoms with Gasteiger partial charge in [0.25, 0.3) is 0 Å². The lowest BCUT2D eigenvalue weighted by Crippen LogP contribution is -2.23. The van der Waals surface area contributed by atoms with Gasteiger partial charge in [0.2, 0.25) is 0 Å². The molecule has 2 rings (SSSR count). The van der Waals surface area contributed by atoms with E-state index >= 15 is 0 Å². The number of ether oxygens (including phenoxy) is 1. The molecule has 19 heavy (non-hydrogen) atoms. The Kier molecular flexibility index (Phi) is 4.06. The maximum atomic E-state index is 5.97. The SMILES string of the molecule is CC(C)(C)Oc1ccccc1/C=C/c1ccccc1. The molecule has 0 saturated heterocycles. The van der Waals surface area contributed by atoms with E-state index in [1.807, 2.05) is 36.4 Å². The third kappa shape index (κ3) is 4.29. The van der Waals surface area contributed by atoms with Crippen molar-refractivity contribution in [2.24, 2.45) is 0 Å². The summed E-state index contributed by atoms with van der Waals surface area (Å²) in [7, 11) is 0. The van der Waals surface area contributed by atoms with Crippen LogP contribution in [0, 0.1) is 0 Å². The van der Waals surface area contributed by atoms with Gasteiger partial charge in [0.05, 0.1) is 0 Å². The van der Waals surface area contributed by atoms with Gasteiger partial charge in [-0.1, -0.05) is 60.7 Å². The topological polar surface area (TPSA) is 9.23 Å². The first kappa shape index (κ1) is 13.4. The summed E-state index contributed by atoms with van der Waals surface area (Å²) >= 11 is 0. The van der Waals surface area contributed by atoms with Crippen LogP contribution < -0.4 is 4.74 Å². The molecule has 0 unspecified atom stereocenters. The third-order valence-corrected chi connectivity index (χ3v) is 2.59. The Morgan fingerprint density at radius 2 is 1.42 bits per heavy atom. The Hall–Kier alpha value is -2.02. The monoisotopic (exact) mass is 252 g/mol. The average molecular weight is 252 g/mol. The number of benzene rings is 2. The number of hydrogen-bond acceptors (Lipinski definition) is 1. The third-order valence-electron chi connectivity index (χ3n) is 2.59. The fourth-order valence-electron chi connectivity index (χ4n) is 1.79. The lowest BCUT2D eigenvalue weighted by atomic mass is 10.1. The Bertz CT molecular complexity index is 547. The molecule has 1 nitrogen and oxygen atoms in total. The van der Waals surface area contributed by atoms with Crippen molar-refractivity contribution in [1.82, 2.24) is 0 Å². The fraction of sp³-hybridized carbons (Fsp3) is 0.222. The van der Waals surface area contributed by atoms with E-state index in [9.17, 15) is 0 Å². The molecule has 0 heterocycles. The van der Waals surface area contributed by atoms with Gasteiger partial charge in [-0.3, -0.25) is 0 Å². The van der Waals surface area contributed by atoms with Gasteiger partial charge in [-0.2, -0.15) is 0 Å². The van der Waals surface area contributed by atoms with Crippen LogP contribution in [0.2, 0.25) is 0 Å². The molecule has 0 aliphatic carbocycles. The van der Waals surface area contributed by atoms with E-state index in [2.05, 4.69) is 51.1 Å². The summed E-state index contributed by atoms with van der Waals surface area (Å²) in [4.78, 5) is 0. The Balaban J connectivity index is 2.23. The molecule has 2 aromatic carbocycles. The van der Waals surface area contributed by atoms with Gasteiger partial charge in [0.1, 0.15) is 11.4 Å². The van der Waals surface area contributed by atoms with E-state index in [0.717, 1.165) is 11.3 Å². The highest BCUT2D eigenvalue weighted by atomic mass is 16.5. The predicted octanol–water partition coefficient (Wildman–Crippen LogP) is 5.03. The maximum absolute atomic E-state index is 5.97. The zero-order chi connectivity index (χ0) is 13.7. The summed E-state index contributed by atoms with van der Waals surface area (Å²) in [5, 5.41) is 0. The molecule has 0 aliphatic rings. The van der Waals surface area contributed by atoms with Gasteiger partial charge in [0, 0.05) is 5.56 Å². The number of hydrogen-bond donors (Lipinski definition) is 0. The zero-order valence-corrected chi connectivity index (χ0v) is 11.8. The second-order valence-corrected chi connectivity index (χ2v) is 5.50. The first-order valence-electron chi connectivity index (χ1n) is 6.56. The molecule has 0 aliphatic heterocycles. The minimum Gasteiger partial charge on any atom is -0.488 e. The minimum absolute atomic E-state index is 0.184. The number of rotatable bonds is 3. The minimum atomic E-state index is -0.184.